The third-order valence-electron chi connectivity index (χ3n) is 5.44. The largest absolute Gasteiger partial charge is 0.293 e. The van der Waals surface area contributed by atoms with Crippen molar-refractivity contribution in [1.29, 1.82) is 0 Å². The fraction of sp³-hybridized carbons (Fsp3) is 0.217. The maximum absolute atomic E-state index is 13.4. The summed E-state index contributed by atoms with van der Waals surface area (Å²) in [6.45, 7) is 5.82. The molecule has 0 saturated carbocycles. The number of carbonyl (C=O) groups is 2. The number of ketones is 2. The van der Waals surface area contributed by atoms with Gasteiger partial charge in [-0.05, 0) is 41.2 Å². The fourth-order valence-electron chi connectivity index (χ4n) is 4.08. The van der Waals surface area contributed by atoms with E-state index in [1.54, 1.807) is 6.08 Å². The van der Waals surface area contributed by atoms with Gasteiger partial charge in [0.25, 0.3) is 0 Å². The number of carbonyl (C=O) groups excluding carboxylic acids is 2. The maximum Gasteiger partial charge on any atom is 0.187 e. The molecule has 0 spiro atoms. The van der Waals surface area contributed by atoms with Crippen molar-refractivity contribution >= 4 is 17.1 Å². The summed E-state index contributed by atoms with van der Waals surface area (Å²) in [6.07, 6.45) is 1.57. The Labute approximate surface area is 147 Å². The molecule has 0 aliphatic heterocycles. The number of benzene rings is 2. The molecule has 2 aliphatic rings. The molecule has 0 radical (unpaired) electrons. The molecule has 0 saturated heterocycles. The molecule has 4 rings (SSSR count). The first-order chi connectivity index (χ1) is 12.0. The van der Waals surface area contributed by atoms with Crippen molar-refractivity contribution in [2.45, 2.75) is 26.2 Å². The molecular weight excluding hydrogens is 308 g/mol. The number of rotatable bonds is 2. The van der Waals surface area contributed by atoms with Crippen LogP contribution in [0, 0.1) is 5.92 Å². The van der Waals surface area contributed by atoms with E-state index in [9.17, 15) is 9.59 Å². The van der Waals surface area contributed by atoms with Crippen LogP contribution < -0.4 is 0 Å². The first-order valence-corrected chi connectivity index (χ1v) is 8.67. The van der Waals surface area contributed by atoms with Gasteiger partial charge in [-0.1, -0.05) is 68.4 Å². The van der Waals surface area contributed by atoms with E-state index in [4.69, 9.17) is 0 Å². The van der Waals surface area contributed by atoms with Crippen LogP contribution in [0.3, 0.4) is 0 Å². The Morgan fingerprint density at radius 2 is 1.52 bits per heavy atom. The topological polar surface area (TPSA) is 34.1 Å². The molecule has 0 heterocycles. The molecule has 2 aromatic rings. The maximum atomic E-state index is 13.4. The monoisotopic (exact) mass is 328 g/mol. The number of hydrogen-bond donors (Lipinski definition) is 0. The first kappa shape index (κ1) is 15.8. The molecule has 2 nitrogen and oxygen atoms in total. The highest BCUT2D eigenvalue weighted by atomic mass is 16.1. The lowest BCUT2D eigenvalue weighted by Gasteiger charge is -2.31. The Hall–Kier alpha value is -2.74. The second-order valence-electron chi connectivity index (χ2n) is 7.23. The van der Waals surface area contributed by atoms with Gasteiger partial charge in [0.1, 0.15) is 0 Å². The Kier molecular flexibility index (Phi) is 3.40. The molecule has 0 unspecified atom stereocenters. The highest BCUT2D eigenvalue weighted by Crippen LogP contribution is 2.52. The van der Waals surface area contributed by atoms with Crippen molar-refractivity contribution in [2.75, 3.05) is 0 Å². The van der Waals surface area contributed by atoms with Crippen LogP contribution in [0.2, 0.25) is 0 Å². The van der Waals surface area contributed by atoms with Gasteiger partial charge in [0.15, 0.2) is 11.6 Å². The van der Waals surface area contributed by atoms with Crippen molar-refractivity contribution in [3.05, 3.63) is 88.5 Å². The minimum absolute atomic E-state index is 0.00387. The summed E-state index contributed by atoms with van der Waals surface area (Å²) in [6, 6.07) is 17.8. The van der Waals surface area contributed by atoms with E-state index in [0.717, 1.165) is 22.3 Å². The average molecular weight is 328 g/mol. The smallest absolute Gasteiger partial charge is 0.187 e. The van der Waals surface area contributed by atoms with Crippen LogP contribution in [0.25, 0.3) is 5.57 Å². The highest BCUT2D eigenvalue weighted by Gasteiger charge is 2.52. The van der Waals surface area contributed by atoms with E-state index in [-0.39, 0.29) is 17.5 Å². The molecule has 0 aromatic heterocycles. The predicted molar refractivity (Wildman–Crippen MR) is 99.2 cm³/mol. The minimum atomic E-state index is -0.892. The molecule has 124 valence electrons. The lowest BCUT2D eigenvalue weighted by atomic mass is 9.67. The summed E-state index contributed by atoms with van der Waals surface area (Å²) >= 11 is 0. The Balaban J connectivity index is 2.11. The van der Waals surface area contributed by atoms with Crippen LogP contribution in [-0.2, 0) is 15.0 Å². The van der Waals surface area contributed by atoms with Crippen molar-refractivity contribution < 1.29 is 9.59 Å². The zero-order valence-corrected chi connectivity index (χ0v) is 14.7. The summed E-state index contributed by atoms with van der Waals surface area (Å²) in [5.41, 5.74) is 4.17. The van der Waals surface area contributed by atoms with E-state index < -0.39 is 5.41 Å². The van der Waals surface area contributed by atoms with E-state index in [1.807, 2.05) is 75.4 Å². The number of hydrogen-bond acceptors (Lipinski definition) is 2. The van der Waals surface area contributed by atoms with Gasteiger partial charge >= 0.3 is 0 Å². The summed E-state index contributed by atoms with van der Waals surface area (Å²) in [4.78, 5) is 26.5. The van der Waals surface area contributed by atoms with E-state index in [2.05, 4.69) is 0 Å². The van der Waals surface area contributed by atoms with Crippen LogP contribution in [0.1, 0.15) is 37.5 Å². The van der Waals surface area contributed by atoms with Gasteiger partial charge in [-0.2, -0.15) is 0 Å². The number of Topliss-reactive ketones (excluding diaryl/α,β-unsaturated/α-hetero) is 1. The van der Waals surface area contributed by atoms with Gasteiger partial charge in [-0.15, -0.1) is 0 Å². The van der Waals surface area contributed by atoms with Gasteiger partial charge in [-0.3, -0.25) is 9.59 Å². The molecule has 1 atom stereocenters. The van der Waals surface area contributed by atoms with Crippen LogP contribution in [0.4, 0.5) is 0 Å². The van der Waals surface area contributed by atoms with Crippen molar-refractivity contribution in [1.82, 2.24) is 0 Å². The molecule has 0 amide bonds. The van der Waals surface area contributed by atoms with E-state index >= 15 is 0 Å². The molecule has 0 N–H and O–H groups in total. The second kappa shape index (κ2) is 5.38. The highest BCUT2D eigenvalue weighted by molar-refractivity contribution is 6.29. The molecule has 0 fully saturated rings. The lowest BCUT2D eigenvalue weighted by Crippen LogP contribution is -2.40. The quantitative estimate of drug-likeness (QED) is 0.814. The van der Waals surface area contributed by atoms with Crippen LogP contribution in [-0.4, -0.2) is 11.6 Å². The molecular formula is C23H20O2. The summed E-state index contributed by atoms with van der Waals surface area (Å²) < 4.78 is 0. The molecule has 25 heavy (non-hydrogen) atoms. The van der Waals surface area contributed by atoms with Crippen LogP contribution in [0.5, 0.6) is 0 Å². The van der Waals surface area contributed by atoms with Crippen molar-refractivity contribution in [3.8, 4) is 0 Å². The van der Waals surface area contributed by atoms with Gasteiger partial charge in [0.05, 0.1) is 5.41 Å². The third kappa shape index (κ3) is 2.03. The minimum Gasteiger partial charge on any atom is -0.293 e. The second-order valence-corrected chi connectivity index (χ2v) is 7.23. The van der Waals surface area contributed by atoms with Gasteiger partial charge in [-0.25, -0.2) is 0 Å². The summed E-state index contributed by atoms with van der Waals surface area (Å²) in [5.74, 6) is 0.0329. The molecule has 2 aromatic carbocycles. The average Bonchev–Trinajstić information content (AvgIpc) is 2.90. The van der Waals surface area contributed by atoms with E-state index in [0.29, 0.717) is 11.1 Å². The van der Waals surface area contributed by atoms with Crippen LogP contribution in [0.15, 0.2) is 71.8 Å². The molecule has 2 aliphatic carbocycles. The van der Waals surface area contributed by atoms with Gasteiger partial charge < -0.3 is 0 Å². The van der Waals surface area contributed by atoms with Gasteiger partial charge in [0.2, 0.25) is 0 Å². The summed E-state index contributed by atoms with van der Waals surface area (Å²) in [5, 5.41) is 0. The third-order valence-corrected chi connectivity index (χ3v) is 5.44. The van der Waals surface area contributed by atoms with Crippen molar-refractivity contribution in [3.63, 3.8) is 0 Å². The standard InChI is InChI=1S/C23H20O2/c1-14(2)17-13-19(24)23(3)18-12-8-7-11-16(18)20(21(23)22(17)25)15-9-5-4-6-10-15/h4-14H,1-3H3/t23-/m0/s1. The Morgan fingerprint density at radius 1 is 0.880 bits per heavy atom. The SMILES string of the molecule is CC(C)C1=CC(=O)[C@@]2(C)C(=C(c3ccccc3)c3ccccc32)C1=O. The predicted octanol–water partition coefficient (Wildman–Crippen LogP) is 4.49. The van der Waals surface area contributed by atoms with Crippen molar-refractivity contribution in [2.24, 2.45) is 5.92 Å². The van der Waals surface area contributed by atoms with Gasteiger partial charge in [0, 0.05) is 11.1 Å². The number of fused-ring (bicyclic) bond motifs is 3. The fourth-order valence-corrected chi connectivity index (χ4v) is 4.08. The molecule has 2 heteroatoms. The number of allylic oxidation sites excluding steroid dienone is 3. The molecule has 0 bridgehead atoms. The zero-order valence-electron chi connectivity index (χ0n) is 14.7. The summed E-state index contributed by atoms with van der Waals surface area (Å²) in [7, 11) is 0. The Morgan fingerprint density at radius 3 is 2.20 bits per heavy atom. The normalized spacial score (nSPS) is 22.2. The first-order valence-electron chi connectivity index (χ1n) is 8.67. The van der Waals surface area contributed by atoms with Crippen LogP contribution >= 0.6 is 0 Å². The lowest BCUT2D eigenvalue weighted by molar-refractivity contribution is -0.122. The zero-order chi connectivity index (χ0) is 17.8. The Bertz CT molecular complexity index is 961. The van der Waals surface area contributed by atoms with E-state index in [1.165, 1.54) is 0 Å².